The molecule has 4 rings (SSSR count). The summed E-state index contributed by atoms with van der Waals surface area (Å²) in [6, 6.07) is 33.0. The van der Waals surface area contributed by atoms with Crippen LogP contribution in [0, 0.1) is 6.42 Å². The van der Waals surface area contributed by atoms with E-state index in [1.54, 1.807) is 9.96 Å². The van der Waals surface area contributed by atoms with Gasteiger partial charge >= 0.3 is 122 Å². The maximum absolute atomic E-state index is 2.29. The van der Waals surface area contributed by atoms with Crippen LogP contribution in [-0.4, -0.2) is 0 Å². The average Bonchev–Trinajstić information content (AvgIpc) is 3.25. The second-order valence-corrected chi connectivity index (χ2v) is 14.4. The van der Waals surface area contributed by atoms with Crippen LogP contribution < -0.4 is 9.96 Å². The third kappa shape index (κ3) is 4.75. The molecule has 116 valence electrons. The van der Waals surface area contributed by atoms with Gasteiger partial charge in [0.25, 0.3) is 0 Å². The molecule has 0 fully saturated rings. The first-order chi connectivity index (χ1) is 11.9. The van der Waals surface area contributed by atoms with Gasteiger partial charge in [0, 0.05) is 6.42 Å². The molecule has 0 amide bonds. The minimum absolute atomic E-state index is 1.55. The minimum atomic E-state index is -2.17. The van der Waals surface area contributed by atoms with E-state index in [1.807, 2.05) is 30.7 Å². The SMILES string of the molecule is [CH]1C=CC=C1.c1cc[c]([Hf]([c]2ccccc2)[c]2ccccc2)cc1. The Morgan fingerprint density at radius 1 is 0.375 bits per heavy atom. The van der Waals surface area contributed by atoms with Gasteiger partial charge in [0.15, 0.2) is 0 Å². The van der Waals surface area contributed by atoms with Crippen LogP contribution in [0.3, 0.4) is 0 Å². The first-order valence-electron chi connectivity index (χ1n) is 8.15. The van der Waals surface area contributed by atoms with Crippen LogP contribution in [0.25, 0.3) is 0 Å². The van der Waals surface area contributed by atoms with Gasteiger partial charge in [-0.25, -0.2) is 0 Å². The Morgan fingerprint density at radius 2 is 0.708 bits per heavy atom. The van der Waals surface area contributed by atoms with Crippen LogP contribution >= 0.6 is 0 Å². The van der Waals surface area contributed by atoms with E-state index in [0.717, 1.165) is 0 Å². The molecule has 1 aliphatic carbocycles. The van der Waals surface area contributed by atoms with Gasteiger partial charge in [-0.05, 0) is 0 Å². The molecule has 24 heavy (non-hydrogen) atoms. The summed E-state index contributed by atoms with van der Waals surface area (Å²) >= 11 is -2.17. The van der Waals surface area contributed by atoms with Crippen molar-refractivity contribution >= 4 is 9.96 Å². The predicted octanol–water partition coefficient (Wildman–Crippen LogP) is 3.90. The van der Waals surface area contributed by atoms with Crippen molar-refractivity contribution < 1.29 is 21.4 Å². The molecule has 0 nitrogen and oxygen atoms in total. The standard InChI is InChI=1S/3C6H5.C5H5.Hf/c3*1-2-4-6-5-3-1;1-2-4-5-3-1;/h3*1-5H;1-5H;. The molecule has 0 aromatic heterocycles. The zero-order chi connectivity index (χ0) is 16.5. The van der Waals surface area contributed by atoms with Gasteiger partial charge in [-0.2, -0.15) is 0 Å². The summed E-state index contributed by atoms with van der Waals surface area (Å²) in [7, 11) is 0. The summed E-state index contributed by atoms with van der Waals surface area (Å²) in [5.74, 6) is 0. The van der Waals surface area contributed by atoms with Crippen LogP contribution in [0.15, 0.2) is 115 Å². The molecule has 1 aliphatic rings. The Balaban J connectivity index is 0.000000290. The van der Waals surface area contributed by atoms with Crippen molar-refractivity contribution in [2.75, 3.05) is 0 Å². The summed E-state index contributed by atoms with van der Waals surface area (Å²) in [6.45, 7) is 0. The third-order valence-corrected chi connectivity index (χ3v) is 13.6. The Labute approximate surface area is 152 Å². The Hall–Kier alpha value is -1.99. The van der Waals surface area contributed by atoms with Crippen molar-refractivity contribution in [3.63, 3.8) is 0 Å². The van der Waals surface area contributed by atoms with Gasteiger partial charge in [0.05, 0.1) is 0 Å². The molecule has 0 aliphatic heterocycles. The molecule has 3 aromatic carbocycles. The monoisotopic (exact) mass is 476 g/mol. The normalized spacial score (nSPS) is 11.7. The molecular formula is C23H20Hf. The first kappa shape index (κ1) is 16.9. The molecule has 0 bridgehead atoms. The molecule has 0 spiro atoms. The fraction of sp³-hybridized carbons (Fsp3) is 0. The summed E-state index contributed by atoms with van der Waals surface area (Å²) in [5.41, 5.74) is 0. The molecule has 0 saturated carbocycles. The summed E-state index contributed by atoms with van der Waals surface area (Å²) < 4.78 is 4.64. The fourth-order valence-corrected chi connectivity index (χ4v) is 11.9. The van der Waals surface area contributed by atoms with Crippen molar-refractivity contribution in [3.8, 4) is 0 Å². The van der Waals surface area contributed by atoms with E-state index in [1.165, 1.54) is 0 Å². The maximum atomic E-state index is 2.29. The van der Waals surface area contributed by atoms with E-state index in [4.69, 9.17) is 0 Å². The number of benzene rings is 3. The summed E-state index contributed by atoms with van der Waals surface area (Å²) in [5, 5.41) is 0. The molecular weight excluding hydrogens is 455 g/mol. The van der Waals surface area contributed by atoms with Crippen LogP contribution in [-0.2, 0) is 21.4 Å². The van der Waals surface area contributed by atoms with Gasteiger partial charge in [0.2, 0.25) is 0 Å². The van der Waals surface area contributed by atoms with Crippen molar-refractivity contribution in [3.05, 3.63) is 122 Å². The van der Waals surface area contributed by atoms with Crippen LogP contribution in [0.4, 0.5) is 0 Å². The summed E-state index contributed by atoms with van der Waals surface area (Å²) in [4.78, 5) is 0. The molecule has 1 heteroatoms. The quantitative estimate of drug-likeness (QED) is 0.505. The molecule has 0 heterocycles. The molecule has 3 aromatic rings. The topological polar surface area (TPSA) is 0 Å². The van der Waals surface area contributed by atoms with E-state index in [0.29, 0.717) is 0 Å². The van der Waals surface area contributed by atoms with Crippen LogP contribution in [0.2, 0.25) is 0 Å². The number of hydrogen-bond acceptors (Lipinski definition) is 0. The number of hydrogen-bond donors (Lipinski definition) is 0. The molecule has 1 radical (unpaired) electrons. The molecule has 0 N–H and O–H groups in total. The third-order valence-electron chi connectivity index (χ3n) is 3.74. The Bertz CT molecular complexity index is 670. The van der Waals surface area contributed by atoms with Crippen molar-refractivity contribution in [2.24, 2.45) is 0 Å². The molecule has 0 unspecified atom stereocenters. The number of rotatable bonds is 3. The average molecular weight is 475 g/mol. The van der Waals surface area contributed by atoms with Crippen molar-refractivity contribution in [1.82, 2.24) is 0 Å². The predicted molar refractivity (Wildman–Crippen MR) is 101 cm³/mol. The zero-order valence-electron chi connectivity index (χ0n) is 13.5. The second-order valence-electron chi connectivity index (χ2n) is 5.44. The second kappa shape index (κ2) is 9.34. The van der Waals surface area contributed by atoms with Crippen molar-refractivity contribution in [1.29, 1.82) is 0 Å². The number of allylic oxidation sites excluding steroid dienone is 4. The van der Waals surface area contributed by atoms with Gasteiger partial charge in [-0.3, -0.25) is 0 Å². The zero-order valence-corrected chi connectivity index (χ0v) is 17.1. The Morgan fingerprint density at radius 3 is 0.958 bits per heavy atom. The van der Waals surface area contributed by atoms with Gasteiger partial charge in [0.1, 0.15) is 0 Å². The molecule has 0 atom stereocenters. The van der Waals surface area contributed by atoms with E-state index in [2.05, 4.69) is 91.0 Å². The van der Waals surface area contributed by atoms with E-state index < -0.39 is 21.4 Å². The fourth-order valence-electron chi connectivity index (χ4n) is 2.64. The van der Waals surface area contributed by atoms with E-state index in [9.17, 15) is 0 Å². The molecule has 0 saturated heterocycles. The van der Waals surface area contributed by atoms with Gasteiger partial charge in [-0.15, -0.1) is 0 Å². The van der Waals surface area contributed by atoms with Crippen molar-refractivity contribution in [2.45, 2.75) is 0 Å². The van der Waals surface area contributed by atoms with E-state index in [-0.39, 0.29) is 0 Å². The van der Waals surface area contributed by atoms with E-state index >= 15 is 0 Å². The van der Waals surface area contributed by atoms with Gasteiger partial charge < -0.3 is 0 Å². The van der Waals surface area contributed by atoms with Gasteiger partial charge in [-0.1, -0.05) is 24.3 Å². The Kier molecular flexibility index (Phi) is 6.56. The summed E-state index contributed by atoms with van der Waals surface area (Å²) in [6.07, 6.45) is 10.0. The van der Waals surface area contributed by atoms with Crippen LogP contribution in [0.1, 0.15) is 0 Å². The first-order valence-corrected chi connectivity index (χ1v) is 13.5. The van der Waals surface area contributed by atoms with Crippen LogP contribution in [0.5, 0.6) is 0 Å².